The lowest BCUT2D eigenvalue weighted by atomic mass is 9.96. The van der Waals surface area contributed by atoms with E-state index in [-0.39, 0.29) is 6.10 Å². The summed E-state index contributed by atoms with van der Waals surface area (Å²) in [5, 5.41) is 8.22. The number of aromatic nitrogens is 2. The second kappa shape index (κ2) is 7.95. The molecule has 1 aromatic heterocycles. The summed E-state index contributed by atoms with van der Waals surface area (Å²) in [6.45, 7) is 4.41. The fraction of sp³-hybridized carbons (Fsp3) is 0.824. The maximum absolute atomic E-state index is 5.66. The molecule has 1 aliphatic carbocycles. The van der Waals surface area contributed by atoms with Crippen LogP contribution in [-0.2, 0) is 11.2 Å². The second-order valence-corrected chi connectivity index (χ2v) is 6.62. The highest BCUT2D eigenvalue weighted by Gasteiger charge is 2.24. The van der Waals surface area contributed by atoms with Crippen LogP contribution in [0, 0.1) is 5.92 Å². The Kier molecular flexibility index (Phi) is 6.24. The van der Waals surface area contributed by atoms with Crippen LogP contribution in [0.3, 0.4) is 0 Å². The van der Waals surface area contributed by atoms with Crippen LogP contribution in [0.2, 0.25) is 0 Å². The van der Waals surface area contributed by atoms with Gasteiger partial charge in [-0.05, 0) is 31.9 Å². The van der Waals surface area contributed by atoms with E-state index < -0.39 is 0 Å². The van der Waals surface area contributed by atoms with E-state index in [2.05, 4.69) is 36.1 Å². The lowest BCUT2D eigenvalue weighted by Crippen LogP contribution is -2.43. The Morgan fingerprint density at radius 2 is 2.05 bits per heavy atom. The van der Waals surface area contributed by atoms with Crippen LogP contribution in [0.15, 0.2) is 12.3 Å². The summed E-state index contributed by atoms with van der Waals surface area (Å²) >= 11 is 0. The van der Waals surface area contributed by atoms with Gasteiger partial charge < -0.3 is 10.1 Å². The first-order valence-corrected chi connectivity index (χ1v) is 8.39. The predicted molar refractivity (Wildman–Crippen MR) is 86.5 cm³/mol. The molecule has 0 spiro atoms. The standard InChI is InChI=1S/C17H31N3O/c1-13(2)17(21-4)16(18-3)12-14-10-11-20(19-14)15-8-6-5-7-9-15/h10-11,13,15-18H,5-9,12H2,1-4H3. The molecule has 4 heteroatoms. The van der Waals surface area contributed by atoms with Crippen molar-refractivity contribution in [3.63, 3.8) is 0 Å². The molecule has 120 valence electrons. The molecule has 0 aliphatic heterocycles. The molecule has 2 atom stereocenters. The number of hydrogen-bond acceptors (Lipinski definition) is 3. The first-order valence-electron chi connectivity index (χ1n) is 8.39. The monoisotopic (exact) mass is 293 g/mol. The van der Waals surface area contributed by atoms with Crippen LogP contribution < -0.4 is 5.32 Å². The molecule has 1 fully saturated rings. The molecule has 21 heavy (non-hydrogen) atoms. The summed E-state index contributed by atoms with van der Waals surface area (Å²) in [4.78, 5) is 0. The van der Waals surface area contributed by atoms with E-state index >= 15 is 0 Å². The summed E-state index contributed by atoms with van der Waals surface area (Å²) < 4.78 is 7.86. The van der Waals surface area contributed by atoms with Crippen molar-refractivity contribution in [1.29, 1.82) is 0 Å². The molecule has 1 N–H and O–H groups in total. The lowest BCUT2D eigenvalue weighted by molar-refractivity contribution is 0.0351. The molecule has 2 unspecified atom stereocenters. The lowest BCUT2D eigenvalue weighted by Gasteiger charge is -2.28. The SMILES string of the molecule is CNC(Cc1ccn(C2CCCCC2)n1)C(OC)C(C)C. The van der Waals surface area contributed by atoms with Crippen LogP contribution in [0.1, 0.15) is 57.7 Å². The van der Waals surface area contributed by atoms with Crippen LogP contribution in [0.4, 0.5) is 0 Å². The molecule has 2 rings (SSSR count). The summed E-state index contributed by atoms with van der Waals surface area (Å²) in [5.74, 6) is 0.493. The molecule has 0 bridgehead atoms. The zero-order valence-electron chi connectivity index (χ0n) is 14.0. The molecule has 0 aromatic carbocycles. The number of methoxy groups -OCH3 is 1. The Morgan fingerprint density at radius 1 is 1.33 bits per heavy atom. The summed E-state index contributed by atoms with van der Waals surface area (Å²) in [6.07, 6.45) is 9.94. The van der Waals surface area contributed by atoms with Crippen LogP contribution in [-0.4, -0.2) is 36.1 Å². The number of nitrogens with zero attached hydrogens (tertiary/aromatic N) is 2. The van der Waals surface area contributed by atoms with Crippen molar-refractivity contribution in [2.75, 3.05) is 14.2 Å². The predicted octanol–water partition coefficient (Wildman–Crippen LogP) is 3.19. The molecule has 1 aromatic rings. The van der Waals surface area contributed by atoms with Gasteiger partial charge in [0.2, 0.25) is 0 Å². The van der Waals surface area contributed by atoms with E-state index in [1.807, 2.05) is 7.05 Å². The molecule has 0 saturated heterocycles. The van der Waals surface area contributed by atoms with Gasteiger partial charge in [0, 0.05) is 25.8 Å². The number of rotatable bonds is 7. The van der Waals surface area contributed by atoms with Gasteiger partial charge in [-0.2, -0.15) is 5.10 Å². The minimum absolute atomic E-state index is 0.217. The van der Waals surface area contributed by atoms with Crippen LogP contribution in [0.5, 0.6) is 0 Å². The zero-order chi connectivity index (χ0) is 15.2. The minimum Gasteiger partial charge on any atom is -0.380 e. The highest BCUT2D eigenvalue weighted by molar-refractivity contribution is 5.04. The van der Waals surface area contributed by atoms with Gasteiger partial charge in [-0.15, -0.1) is 0 Å². The van der Waals surface area contributed by atoms with Gasteiger partial charge in [0.15, 0.2) is 0 Å². The quantitative estimate of drug-likeness (QED) is 0.839. The van der Waals surface area contributed by atoms with Crippen molar-refractivity contribution in [3.8, 4) is 0 Å². The first-order chi connectivity index (χ1) is 10.2. The zero-order valence-corrected chi connectivity index (χ0v) is 14.0. The van der Waals surface area contributed by atoms with E-state index in [0.717, 1.165) is 6.42 Å². The van der Waals surface area contributed by atoms with Crippen molar-refractivity contribution in [1.82, 2.24) is 15.1 Å². The van der Waals surface area contributed by atoms with E-state index in [9.17, 15) is 0 Å². The van der Waals surface area contributed by atoms with Gasteiger partial charge in [-0.1, -0.05) is 33.1 Å². The van der Waals surface area contributed by atoms with Crippen molar-refractivity contribution in [2.24, 2.45) is 5.92 Å². The summed E-state index contributed by atoms with van der Waals surface area (Å²) in [6, 6.07) is 3.10. The molecule has 0 radical (unpaired) electrons. The highest BCUT2D eigenvalue weighted by Crippen LogP contribution is 2.27. The number of likely N-dealkylation sites (N-methyl/N-ethyl adjacent to an activating group) is 1. The third-order valence-electron chi connectivity index (χ3n) is 4.74. The third kappa shape index (κ3) is 4.30. The van der Waals surface area contributed by atoms with Crippen LogP contribution in [0.25, 0.3) is 0 Å². The molecular weight excluding hydrogens is 262 g/mol. The van der Waals surface area contributed by atoms with Crippen molar-refractivity contribution >= 4 is 0 Å². The Morgan fingerprint density at radius 3 is 2.62 bits per heavy atom. The van der Waals surface area contributed by atoms with E-state index in [4.69, 9.17) is 9.84 Å². The molecular formula is C17H31N3O. The van der Waals surface area contributed by atoms with Crippen molar-refractivity contribution in [3.05, 3.63) is 18.0 Å². The first kappa shape index (κ1) is 16.5. The Labute approximate surface area is 129 Å². The van der Waals surface area contributed by atoms with Gasteiger partial charge in [-0.3, -0.25) is 4.68 Å². The number of nitrogens with one attached hydrogen (secondary N) is 1. The fourth-order valence-corrected chi connectivity index (χ4v) is 3.54. The highest BCUT2D eigenvalue weighted by atomic mass is 16.5. The largest absolute Gasteiger partial charge is 0.380 e. The normalized spacial score (nSPS) is 19.9. The number of ether oxygens (including phenoxy) is 1. The summed E-state index contributed by atoms with van der Waals surface area (Å²) in [7, 11) is 3.81. The smallest absolute Gasteiger partial charge is 0.0750 e. The second-order valence-electron chi connectivity index (χ2n) is 6.62. The maximum atomic E-state index is 5.66. The Hall–Kier alpha value is -0.870. The molecule has 0 amide bonds. The fourth-order valence-electron chi connectivity index (χ4n) is 3.54. The van der Waals surface area contributed by atoms with Gasteiger partial charge in [0.05, 0.1) is 17.8 Å². The molecule has 1 heterocycles. The van der Waals surface area contributed by atoms with Gasteiger partial charge >= 0.3 is 0 Å². The molecule has 1 aliphatic rings. The topological polar surface area (TPSA) is 39.1 Å². The average Bonchev–Trinajstić information content (AvgIpc) is 2.96. The maximum Gasteiger partial charge on any atom is 0.0750 e. The Balaban J connectivity index is 1.99. The average molecular weight is 293 g/mol. The van der Waals surface area contributed by atoms with E-state index in [0.29, 0.717) is 18.0 Å². The number of hydrogen-bond donors (Lipinski definition) is 1. The van der Waals surface area contributed by atoms with Gasteiger partial charge in [0.25, 0.3) is 0 Å². The third-order valence-corrected chi connectivity index (χ3v) is 4.74. The van der Waals surface area contributed by atoms with E-state index in [1.54, 1.807) is 7.11 Å². The molecule has 1 saturated carbocycles. The van der Waals surface area contributed by atoms with Gasteiger partial charge in [-0.25, -0.2) is 0 Å². The van der Waals surface area contributed by atoms with Crippen molar-refractivity contribution < 1.29 is 4.74 Å². The molecule has 4 nitrogen and oxygen atoms in total. The van der Waals surface area contributed by atoms with Crippen molar-refractivity contribution in [2.45, 2.75) is 70.6 Å². The minimum atomic E-state index is 0.217. The van der Waals surface area contributed by atoms with E-state index in [1.165, 1.54) is 37.8 Å². The van der Waals surface area contributed by atoms with Crippen LogP contribution >= 0.6 is 0 Å². The Bertz CT molecular complexity index is 410. The summed E-state index contributed by atoms with van der Waals surface area (Å²) in [5.41, 5.74) is 1.17. The van der Waals surface area contributed by atoms with Gasteiger partial charge in [0.1, 0.15) is 0 Å².